The summed E-state index contributed by atoms with van der Waals surface area (Å²) in [6.45, 7) is -2.86. The highest BCUT2D eigenvalue weighted by Crippen LogP contribution is 2.26. The second-order valence-corrected chi connectivity index (χ2v) is 6.13. The topological polar surface area (TPSA) is 39.9 Å². The first-order valence-corrected chi connectivity index (χ1v) is 8.33. The number of alkyl halides is 2. The molecule has 0 aliphatic rings. The van der Waals surface area contributed by atoms with Crippen LogP contribution < -0.4 is 4.74 Å². The zero-order valence-corrected chi connectivity index (χ0v) is 14.0. The van der Waals surface area contributed by atoms with Gasteiger partial charge < -0.3 is 9.30 Å². The fourth-order valence-electron chi connectivity index (χ4n) is 2.25. The van der Waals surface area contributed by atoms with Crippen LogP contribution in [0.1, 0.15) is 5.56 Å². The molecule has 0 fully saturated rings. The molecule has 0 unspecified atom stereocenters. The molecule has 130 valence electrons. The minimum atomic E-state index is -2.86. The normalized spacial score (nSPS) is 11.1. The summed E-state index contributed by atoms with van der Waals surface area (Å²) in [6, 6.07) is 12.6. The molecular formula is C17H14F3N3OS. The molecule has 3 rings (SSSR count). The molecule has 1 heterocycles. The lowest BCUT2D eigenvalue weighted by Gasteiger charge is -2.06. The van der Waals surface area contributed by atoms with Crippen molar-refractivity contribution in [1.29, 1.82) is 0 Å². The van der Waals surface area contributed by atoms with Gasteiger partial charge in [0.1, 0.15) is 11.6 Å². The SMILES string of the molecule is Cn1c(SCc2cccc(F)c2)nnc1-c1ccc(OC(F)F)cc1. The van der Waals surface area contributed by atoms with Crippen molar-refractivity contribution in [2.45, 2.75) is 17.5 Å². The smallest absolute Gasteiger partial charge is 0.387 e. The fourth-order valence-corrected chi connectivity index (χ4v) is 3.11. The lowest BCUT2D eigenvalue weighted by molar-refractivity contribution is -0.0498. The van der Waals surface area contributed by atoms with Gasteiger partial charge in [-0.15, -0.1) is 10.2 Å². The van der Waals surface area contributed by atoms with Gasteiger partial charge in [-0.25, -0.2) is 4.39 Å². The van der Waals surface area contributed by atoms with Gasteiger partial charge in [-0.3, -0.25) is 0 Å². The Morgan fingerprint density at radius 3 is 2.56 bits per heavy atom. The van der Waals surface area contributed by atoms with Crippen LogP contribution in [-0.2, 0) is 12.8 Å². The van der Waals surface area contributed by atoms with Crippen LogP contribution in [0.3, 0.4) is 0 Å². The average Bonchev–Trinajstić information content (AvgIpc) is 2.94. The van der Waals surface area contributed by atoms with Crippen molar-refractivity contribution in [3.8, 4) is 17.1 Å². The Kier molecular flexibility index (Phi) is 5.28. The largest absolute Gasteiger partial charge is 0.435 e. The van der Waals surface area contributed by atoms with E-state index in [2.05, 4.69) is 14.9 Å². The van der Waals surface area contributed by atoms with Crippen LogP contribution in [-0.4, -0.2) is 21.4 Å². The van der Waals surface area contributed by atoms with E-state index in [9.17, 15) is 13.2 Å². The summed E-state index contributed by atoms with van der Waals surface area (Å²) >= 11 is 1.43. The van der Waals surface area contributed by atoms with Crippen molar-refractivity contribution in [3.05, 3.63) is 59.9 Å². The standard InChI is InChI=1S/C17H14F3N3OS/c1-23-15(12-5-7-14(8-6-12)24-16(19)20)21-22-17(23)25-10-11-3-2-4-13(18)9-11/h2-9,16H,10H2,1H3. The molecule has 0 radical (unpaired) electrons. The predicted molar refractivity (Wildman–Crippen MR) is 89.0 cm³/mol. The molecule has 2 aromatic carbocycles. The van der Waals surface area contributed by atoms with Gasteiger partial charge in [0, 0.05) is 18.4 Å². The van der Waals surface area contributed by atoms with Crippen molar-refractivity contribution in [2.75, 3.05) is 0 Å². The molecular weight excluding hydrogens is 351 g/mol. The molecule has 8 heteroatoms. The Morgan fingerprint density at radius 2 is 1.88 bits per heavy atom. The third-order valence-corrected chi connectivity index (χ3v) is 4.52. The summed E-state index contributed by atoms with van der Waals surface area (Å²) in [7, 11) is 1.81. The van der Waals surface area contributed by atoms with Gasteiger partial charge in [-0.05, 0) is 42.0 Å². The van der Waals surface area contributed by atoms with E-state index in [0.717, 1.165) is 11.1 Å². The number of halogens is 3. The van der Waals surface area contributed by atoms with Gasteiger partial charge in [0.15, 0.2) is 11.0 Å². The quantitative estimate of drug-likeness (QED) is 0.603. The number of nitrogens with zero attached hydrogens (tertiary/aromatic N) is 3. The fraction of sp³-hybridized carbons (Fsp3) is 0.176. The van der Waals surface area contributed by atoms with E-state index >= 15 is 0 Å². The first-order chi connectivity index (χ1) is 12.0. The second-order valence-electron chi connectivity index (χ2n) is 5.19. The summed E-state index contributed by atoms with van der Waals surface area (Å²) < 4.78 is 43.7. The maximum Gasteiger partial charge on any atom is 0.387 e. The zero-order chi connectivity index (χ0) is 17.8. The molecule has 0 aliphatic heterocycles. The molecule has 0 amide bonds. The Balaban J connectivity index is 1.72. The van der Waals surface area contributed by atoms with Gasteiger partial charge in [0.05, 0.1) is 0 Å². The van der Waals surface area contributed by atoms with E-state index in [1.54, 1.807) is 22.8 Å². The third-order valence-electron chi connectivity index (χ3n) is 3.43. The number of thioether (sulfide) groups is 1. The lowest BCUT2D eigenvalue weighted by atomic mass is 10.2. The number of ether oxygens (including phenoxy) is 1. The minimum absolute atomic E-state index is 0.0848. The summed E-state index contributed by atoms with van der Waals surface area (Å²) in [5.41, 5.74) is 1.58. The van der Waals surface area contributed by atoms with Gasteiger partial charge >= 0.3 is 6.61 Å². The summed E-state index contributed by atoms with van der Waals surface area (Å²) in [6.07, 6.45) is 0. The summed E-state index contributed by atoms with van der Waals surface area (Å²) in [5.74, 6) is 0.972. The molecule has 0 saturated carbocycles. The van der Waals surface area contributed by atoms with Gasteiger partial charge in [0.2, 0.25) is 0 Å². The van der Waals surface area contributed by atoms with Crippen LogP contribution >= 0.6 is 11.8 Å². The van der Waals surface area contributed by atoms with Crippen LogP contribution in [0.25, 0.3) is 11.4 Å². The molecule has 4 nitrogen and oxygen atoms in total. The van der Waals surface area contributed by atoms with Crippen LogP contribution in [0.2, 0.25) is 0 Å². The van der Waals surface area contributed by atoms with E-state index in [0.29, 0.717) is 16.7 Å². The first kappa shape index (κ1) is 17.3. The van der Waals surface area contributed by atoms with E-state index < -0.39 is 6.61 Å². The van der Waals surface area contributed by atoms with Gasteiger partial charge in [-0.2, -0.15) is 8.78 Å². The van der Waals surface area contributed by atoms with E-state index in [4.69, 9.17) is 0 Å². The van der Waals surface area contributed by atoms with Crippen LogP contribution in [0.15, 0.2) is 53.7 Å². The minimum Gasteiger partial charge on any atom is -0.435 e. The Morgan fingerprint density at radius 1 is 1.12 bits per heavy atom. The maximum absolute atomic E-state index is 13.2. The first-order valence-electron chi connectivity index (χ1n) is 7.35. The van der Waals surface area contributed by atoms with Gasteiger partial charge in [-0.1, -0.05) is 23.9 Å². The van der Waals surface area contributed by atoms with E-state index in [-0.39, 0.29) is 11.6 Å². The predicted octanol–water partition coefficient (Wildman–Crippen LogP) is 4.51. The number of hydrogen-bond acceptors (Lipinski definition) is 4. The Bertz CT molecular complexity index is 853. The van der Waals surface area contributed by atoms with Crippen LogP contribution in [0, 0.1) is 5.82 Å². The molecule has 0 atom stereocenters. The van der Waals surface area contributed by atoms with Crippen molar-refractivity contribution in [2.24, 2.45) is 7.05 Å². The molecule has 0 saturated heterocycles. The lowest BCUT2D eigenvalue weighted by Crippen LogP contribution is -2.01. The number of hydrogen-bond donors (Lipinski definition) is 0. The van der Waals surface area contributed by atoms with E-state index in [1.807, 2.05) is 13.1 Å². The Hall–Kier alpha value is -2.48. The van der Waals surface area contributed by atoms with Crippen molar-refractivity contribution in [3.63, 3.8) is 0 Å². The molecule has 0 bridgehead atoms. The third kappa shape index (κ3) is 4.33. The average molecular weight is 365 g/mol. The molecule has 0 N–H and O–H groups in total. The summed E-state index contributed by atoms with van der Waals surface area (Å²) in [5, 5.41) is 8.94. The van der Waals surface area contributed by atoms with E-state index in [1.165, 1.54) is 36.0 Å². The molecule has 25 heavy (non-hydrogen) atoms. The zero-order valence-electron chi connectivity index (χ0n) is 13.2. The van der Waals surface area contributed by atoms with Gasteiger partial charge in [0.25, 0.3) is 0 Å². The van der Waals surface area contributed by atoms with Crippen molar-refractivity contribution in [1.82, 2.24) is 14.8 Å². The Labute approximate surface area is 146 Å². The second kappa shape index (κ2) is 7.60. The number of rotatable bonds is 6. The number of benzene rings is 2. The van der Waals surface area contributed by atoms with Crippen molar-refractivity contribution >= 4 is 11.8 Å². The highest BCUT2D eigenvalue weighted by Gasteiger charge is 2.12. The van der Waals surface area contributed by atoms with Crippen molar-refractivity contribution < 1.29 is 17.9 Å². The summed E-state index contributed by atoms with van der Waals surface area (Å²) in [4.78, 5) is 0. The number of aromatic nitrogens is 3. The highest BCUT2D eigenvalue weighted by molar-refractivity contribution is 7.98. The molecule has 1 aromatic heterocycles. The molecule has 0 aliphatic carbocycles. The molecule has 0 spiro atoms. The monoisotopic (exact) mass is 365 g/mol. The molecule has 3 aromatic rings. The highest BCUT2D eigenvalue weighted by atomic mass is 32.2. The maximum atomic E-state index is 13.2. The van der Waals surface area contributed by atoms with Crippen LogP contribution in [0.5, 0.6) is 5.75 Å². The van der Waals surface area contributed by atoms with Crippen LogP contribution in [0.4, 0.5) is 13.2 Å².